The number of ether oxygens (including phenoxy) is 1. The number of benzene rings is 1. The Balaban J connectivity index is 1.26. The Morgan fingerprint density at radius 2 is 2.00 bits per heavy atom. The first-order chi connectivity index (χ1) is 17.2. The van der Waals surface area contributed by atoms with Crippen LogP contribution in [0.5, 0.6) is 5.88 Å². The van der Waals surface area contributed by atoms with Crippen molar-refractivity contribution in [1.82, 2.24) is 30.2 Å². The largest absolute Gasteiger partial charge is 0.472 e. The molecule has 0 bridgehead atoms. The maximum atomic E-state index is 6.10. The molecule has 180 valence electrons. The van der Waals surface area contributed by atoms with Gasteiger partial charge in [-0.2, -0.15) is 0 Å². The minimum atomic E-state index is 0.137. The average molecular weight is 470 g/mol. The lowest BCUT2D eigenvalue weighted by atomic mass is 10.0. The SMILES string of the molecule is C[C@H]1CCCN(c2cnc(-c3ccc4[nH]cc(-c5cncc(O[C@@H]6CCCNC6)n5)c4c3)cn2)C1. The van der Waals surface area contributed by atoms with E-state index in [9.17, 15) is 0 Å². The summed E-state index contributed by atoms with van der Waals surface area (Å²) in [6.07, 6.45) is 14.0. The van der Waals surface area contributed by atoms with Gasteiger partial charge in [0, 0.05) is 47.9 Å². The molecule has 2 N–H and O–H groups in total. The van der Waals surface area contributed by atoms with Gasteiger partial charge in [-0.3, -0.25) is 9.97 Å². The highest BCUT2D eigenvalue weighted by molar-refractivity contribution is 5.96. The average Bonchev–Trinajstić information content (AvgIpc) is 3.33. The Labute approximate surface area is 205 Å². The molecular formula is C27H31N7O. The summed E-state index contributed by atoms with van der Waals surface area (Å²) in [4.78, 5) is 24.4. The van der Waals surface area contributed by atoms with E-state index in [0.29, 0.717) is 11.8 Å². The van der Waals surface area contributed by atoms with Crippen molar-refractivity contribution in [3.63, 3.8) is 0 Å². The van der Waals surface area contributed by atoms with E-state index in [1.807, 2.05) is 18.6 Å². The molecule has 8 heteroatoms. The second-order valence-electron chi connectivity index (χ2n) is 9.74. The molecule has 6 rings (SSSR count). The van der Waals surface area contributed by atoms with Crippen molar-refractivity contribution < 1.29 is 4.74 Å². The second kappa shape index (κ2) is 9.62. The van der Waals surface area contributed by atoms with Gasteiger partial charge in [-0.25, -0.2) is 9.97 Å². The van der Waals surface area contributed by atoms with Crippen molar-refractivity contribution in [2.45, 2.75) is 38.7 Å². The van der Waals surface area contributed by atoms with Crippen LogP contribution in [0.4, 0.5) is 5.82 Å². The van der Waals surface area contributed by atoms with E-state index >= 15 is 0 Å². The van der Waals surface area contributed by atoms with E-state index in [0.717, 1.165) is 78.3 Å². The lowest BCUT2D eigenvalue weighted by molar-refractivity contribution is 0.160. The fourth-order valence-electron chi connectivity index (χ4n) is 5.15. The summed E-state index contributed by atoms with van der Waals surface area (Å²) in [5.74, 6) is 2.23. The predicted octanol–water partition coefficient (Wildman–Crippen LogP) is 4.45. The molecule has 1 aromatic carbocycles. The molecule has 4 aromatic rings. The van der Waals surface area contributed by atoms with Gasteiger partial charge in [0.1, 0.15) is 11.9 Å². The maximum absolute atomic E-state index is 6.10. The number of hydrogen-bond acceptors (Lipinski definition) is 7. The quantitative estimate of drug-likeness (QED) is 0.446. The summed E-state index contributed by atoms with van der Waals surface area (Å²) in [5, 5.41) is 4.45. The van der Waals surface area contributed by atoms with Crippen LogP contribution < -0.4 is 15.0 Å². The first kappa shape index (κ1) is 22.0. The summed E-state index contributed by atoms with van der Waals surface area (Å²) in [6.45, 7) is 6.30. The second-order valence-corrected chi connectivity index (χ2v) is 9.74. The number of hydrogen-bond donors (Lipinski definition) is 2. The fourth-order valence-corrected chi connectivity index (χ4v) is 5.15. The number of aromatic nitrogens is 5. The van der Waals surface area contributed by atoms with Crippen LogP contribution in [0, 0.1) is 5.92 Å². The van der Waals surface area contributed by atoms with Crippen LogP contribution in [0.1, 0.15) is 32.6 Å². The van der Waals surface area contributed by atoms with Gasteiger partial charge in [0.05, 0.1) is 36.2 Å². The summed E-state index contributed by atoms with van der Waals surface area (Å²) >= 11 is 0. The van der Waals surface area contributed by atoms with Crippen LogP contribution in [0.25, 0.3) is 33.4 Å². The lowest BCUT2D eigenvalue weighted by Crippen LogP contribution is -2.37. The van der Waals surface area contributed by atoms with Crippen molar-refractivity contribution in [2.75, 3.05) is 31.1 Å². The zero-order valence-electron chi connectivity index (χ0n) is 20.1. The standard InChI is InChI=1S/C27H31N7O/c1-18-4-3-9-34(17-18)26-15-31-24(14-32-26)19-6-7-23-21(10-19)22(12-30-23)25-13-29-16-27(33-25)35-20-5-2-8-28-11-20/h6-7,10,12-16,18,20,28,30H,2-5,8-9,11,17H2,1H3/t18-,20+/m0/s1. The third-order valence-corrected chi connectivity index (χ3v) is 7.02. The van der Waals surface area contributed by atoms with Gasteiger partial charge in [-0.15, -0.1) is 0 Å². The number of fused-ring (bicyclic) bond motifs is 1. The van der Waals surface area contributed by atoms with Crippen LogP contribution >= 0.6 is 0 Å². The van der Waals surface area contributed by atoms with E-state index in [1.165, 1.54) is 12.8 Å². The van der Waals surface area contributed by atoms with Gasteiger partial charge < -0.3 is 19.9 Å². The normalized spacial score (nSPS) is 20.8. The van der Waals surface area contributed by atoms with E-state index in [4.69, 9.17) is 19.7 Å². The van der Waals surface area contributed by atoms with Crippen LogP contribution in [0.2, 0.25) is 0 Å². The van der Waals surface area contributed by atoms with E-state index in [2.05, 4.69) is 45.3 Å². The van der Waals surface area contributed by atoms with Gasteiger partial charge >= 0.3 is 0 Å². The Bertz CT molecular complexity index is 1300. The number of anilines is 1. The number of piperidine rings is 2. The van der Waals surface area contributed by atoms with Gasteiger partial charge in [0.2, 0.25) is 5.88 Å². The third kappa shape index (κ3) is 4.71. The van der Waals surface area contributed by atoms with Crippen molar-refractivity contribution in [2.24, 2.45) is 5.92 Å². The van der Waals surface area contributed by atoms with Gasteiger partial charge in [0.15, 0.2) is 0 Å². The summed E-state index contributed by atoms with van der Waals surface area (Å²) < 4.78 is 6.10. The number of H-pyrrole nitrogens is 1. The molecule has 0 spiro atoms. The Kier molecular flexibility index (Phi) is 6.04. The summed E-state index contributed by atoms with van der Waals surface area (Å²) in [5.41, 5.74) is 4.71. The van der Waals surface area contributed by atoms with Crippen LogP contribution in [0.3, 0.4) is 0 Å². The van der Waals surface area contributed by atoms with Crippen LogP contribution in [-0.4, -0.2) is 57.2 Å². The summed E-state index contributed by atoms with van der Waals surface area (Å²) in [6, 6.07) is 6.31. The molecule has 3 aromatic heterocycles. The Morgan fingerprint density at radius 1 is 1.03 bits per heavy atom. The lowest BCUT2D eigenvalue weighted by Gasteiger charge is -2.31. The van der Waals surface area contributed by atoms with Gasteiger partial charge in [-0.1, -0.05) is 13.0 Å². The van der Waals surface area contributed by atoms with Gasteiger partial charge in [-0.05, 0) is 50.3 Å². The van der Waals surface area contributed by atoms with Crippen LogP contribution in [-0.2, 0) is 0 Å². The molecule has 0 saturated carbocycles. The molecule has 0 amide bonds. The van der Waals surface area contributed by atoms with Crippen molar-refractivity contribution in [1.29, 1.82) is 0 Å². The van der Waals surface area contributed by atoms with Crippen molar-refractivity contribution in [3.05, 3.63) is 49.2 Å². The Hall–Kier alpha value is -3.52. The first-order valence-electron chi connectivity index (χ1n) is 12.6. The molecule has 5 heterocycles. The molecule has 0 aliphatic carbocycles. The molecule has 2 aliphatic rings. The molecule has 0 unspecified atom stereocenters. The first-order valence-corrected chi connectivity index (χ1v) is 12.6. The minimum absolute atomic E-state index is 0.137. The predicted molar refractivity (Wildman–Crippen MR) is 137 cm³/mol. The van der Waals surface area contributed by atoms with Crippen molar-refractivity contribution >= 4 is 16.7 Å². The zero-order valence-corrected chi connectivity index (χ0v) is 20.1. The smallest absolute Gasteiger partial charge is 0.233 e. The summed E-state index contributed by atoms with van der Waals surface area (Å²) in [7, 11) is 0. The molecule has 8 nitrogen and oxygen atoms in total. The molecule has 2 fully saturated rings. The highest BCUT2D eigenvalue weighted by Crippen LogP contribution is 2.32. The van der Waals surface area contributed by atoms with Gasteiger partial charge in [0.25, 0.3) is 0 Å². The number of nitrogens with zero attached hydrogens (tertiary/aromatic N) is 5. The zero-order chi connectivity index (χ0) is 23.6. The third-order valence-electron chi connectivity index (χ3n) is 7.02. The molecule has 2 saturated heterocycles. The topological polar surface area (TPSA) is 91.9 Å². The maximum Gasteiger partial charge on any atom is 0.233 e. The highest BCUT2D eigenvalue weighted by Gasteiger charge is 2.19. The molecule has 2 aliphatic heterocycles. The molecule has 35 heavy (non-hydrogen) atoms. The van der Waals surface area contributed by atoms with Crippen LogP contribution in [0.15, 0.2) is 49.2 Å². The number of rotatable bonds is 5. The highest BCUT2D eigenvalue weighted by atomic mass is 16.5. The fraction of sp³-hybridized carbons (Fsp3) is 0.407. The molecular weight excluding hydrogens is 438 g/mol. The Morgan fingerprint density at radius 3 is 2.83 bits per heavy atom. The van der Waals surface area contributed by atoms with E-state index in [-0.39, 0.29) is 6.10 Å². The molecule has 0 radical (unpaired) electrons. The monoisotopic (exact) mass is 469 g/mol. The number of nitrogens with one attached hydrogen (secondary N) is 2. The van der Waals surface area contributed by atoms with Crippen molar-refractivity contribution in [3.8, 4) is 28.4 Å². The van der Waals surface area contributed by atoms with E-state index < -0.39 is 0 Å². The molecule has 2 atom stereocenters. The minimum Gasteiger partial charge on any atom is -0.472 e. The number of aromatic amines is 1. The van der Waals surface area contributed by atoms with E-state index in [1.54, 1.807) is 12.4 Å².